The second-order valence-corrected chi connectivity index (χ2v) is 5.53. The number of halogens is 1. The van der Waals surface area contributed by atoms with Gasteiger partial charge < -0.3 is 10.5 Å². The molecule has 0 saturated heterocycles. The second kappa shape index (κ2) is 6.19. The maximum absolute atomic E-state index is 6.03. The van der Waals surface area contributed by atoms with E-state index in [2.05, 4.69) is 26.0 Å². The zero-order chi connectivity index (χ0) is 14.7. The van der Waals surface area contributed by atoms with Crippen molar-refractivity contribution in [3.63, 3.8) is 0 Å². The van der Waals surface area contributed by atoms with E-state index in [-0.39, 0.29) is 0 Å². The maximum Gasteiger partial charge on any atom is 0.131 e. The summed E-state index contributed by atoms with van der Waals surface area (Å²) in [6, 6.07) is 11.8. The molecule has 0 aliphatic carbocycles. The van der Waals surface area contributed by atoms with Gasteiger partial charge in [-0.15, -0.1) is 0 Å². The highest BCUT2D eigenvalue weighted by molar-refractivity contribution is 6.33. The Morgan fingerprint density at radius 2 is 1.85 bits per heavy atom. The van der Waals surface area contributed by atoms with Gasteiger partial charge in [-0.1, -0.05) is 37.6 Å². The van der Waals surface area contributed by atoms with Gasteiger partial charge in [-0.2, -0.15) is 0 Å². The molecule has 20 heavy (non-hydrogen) atoms. The molecule has 2 nitrogen and oxygen atoms in total. The van der Waals surface area contributed by atoms with Crippen LogP contribution in [0.15, 0.2) is 36.4 Å². The first-order valence-corrected chi connectivity index (χ1v) is 7.22. The second-order valence-electron chi connectivity index (χ2n) is 5.12. The van der Waals surface area contributed by atoms with Crippen molar-refractivity contribution >= 4 is 17.3 Å². The van der Waals surface area contributed by atoms with Crippen LogP contribution in [0.1, 0.15) is 37.3 Å². The summed E-state index contributed by atoms with van der Waals surface area (Å²) in [5, 5.41) is 0.516. The molecule has 2 rings (SSSR count). The van der Waals surface area contributed by atoms with E-state index in [1.54, 1.807) is 6.07 Å². The smallest absolute Gasteiger partial charge is 0.131 e. The van der Waals surface area contributed by atoms with Crippen molar-refractivity contribution in [2.75, 3.05) is 5.73 Å². The van der Waals surface area contributed by atoms with E-state index >= 15 is 0 Å². The van der Waals surface area contributed by atoms with Gasteiger partial charge in [0, 0.05) is 6.07 Å². The van der Waals surface area contributed by atoms with E-state index in [1.807, 2.05) is 25.1 Å². The Kier molecular flexibility index (Phi) is 4.56. The molecule has 106 valence electrons. The van der Waals surface area contributed by atoms with Crippen LogP contribution in [0.4, 0.5) is 5.69 Å². The summed E-state index contributed by atoms with van der Waals surface area (Å²) in [7, 11) is 0. The molecule has 1 atom stereocenters. The van der Waals surface area contributed by atoms with Crippen LogP contribution in [0, 0.1) is 6.92 Å². The van der Waals surface area contributed by atoms with Gasteiger partial charge in [0.25, 0.3) is 0 Å². The van der Waals surface area contributed by atoms with Crippen LogP contribution in [-0.4, -0.2) is 0 Å². The highest BCUT2D eigenvalue weighted by Crippen LogP contribution is 2.32. The zero-order valence-corrected chi connectivity index (χ0v) is 12.9. The lowest BCUT2D eigenvalue weighted by Crippen LogP contribution is -1.93. The number of ether oxygens (including phenoxy) is 1. The van der Waals surface area contributed by atoms with E-state index in [0.29, 0.717) is 16.6 Å². The highest BCUT2D eigenvalue weighted by atomic mass is 35.5. The first-order valence-electron chi connectivity index (χ1n) is 6.84. The normalized spacial score (nSPS) is 12.2. The van der Waals surface area contributed by atoms with Crippen molar-refractivity contribution in [3.8, 4) is 11.5 Å². The molecule has 3 heteroatoms. The van der Waals surface area contributed by atoms with Crippen LogP contribution in [0.25, 0.3) is 0 Å². The third-order valence-electron chi connectivity index (χ3n) is 3.58. The Hall–Kier alpha value is -1.67. The molecule has 0 aromatic heterocycles. The fourth-order valence-electron chi connectivity index (χ4n) is 2.02. The van der Waals surface area contributed by atoms with E-state index in [1.165, 1.54) is 5.56 Å². The molecular weight excluding hydrogens is 270 g/mol. The van der Waals surface area contributed by atoms with Crippen molar-refractivity contribution in [2.24, 2.45) is 0 Å². The van der Waals surface area contributed by atoms with Gasteiger partial charge in [0.05, 0.1) is 10.7 Å². The van der Waals surface area contributed by atoms with Crippen molar-refractivity contribution in [1.29, 1.82) is 0 Å². The summed E-state index contributed by atoms with van der Waals surface area (Å²) >= 11 is 6.03. The number of hydrogen-bond donors (Lipinski definition) is 1. The van der Waals surface area contributed by atoms with Crippen LogP contribution >= 0.6 is 11.6 Å². The minimum absolute atomic E-state index is 0.516. The monoisotopic (exact) mass is 289 g/mol. The van der Waals surface area contributed by atoms with E-state index in [9.17, 15) is 0 Å². The standard InChI is InChI=1S/C17H20ClNO/c1-4-11(2)13-5-7-14(8-6-13)20-17-10-15(18)16(19)9-12(17)3/h5-11H,4,19H2,1-3H3. The summed E-state index contributed by atoms with van der Waals surface area (Å²) in [6.45, 7) is 6.37. The summed E-state index contributed by atoms with van der Waals surface area (Å²) in [4.78, 5) is 0. The number of anilines is 1. The molecule has 0 spiro atoms. The van der Waals surface area contributed by atoms with Crippen molar-refractivity contribution in [1.82, 2.24) is 0 Å². The average molecular weight is 290 g/mol. The molecule has 2 N–H and O–H groups in total. The molecule has 0 saturated carbocycles. The summed E-state index contributed by atoms with van der Waals surface area (Å²) in [6.07, 6.45) is 1.13. The molecule has 0 amide bonds. The number of nitrogen functional groups attached to an aromatic ring is 1. The average Bonchev–Trinajstić information content (AvgIpc) is 2.44. The van der Waals surface area contributed by atoms with Crippen LogP contribution in [0.3, 0.4) is 0 Å². The first-order chi connectivity index (χ1) is 9.51. The lowest BCUT2D eigenvalue weighted by Gasteiger charge is -2.12. The van der Waals surface area contributed by atoms with E-state index in [4.69, 9.17) is 22.1 Å². The molecule has 0 fully saturated rings. The maximum atomic E-state index is 6.03. The summed E-state index contributed by atoms with van der Waals surface area (Å²) in [5.41, 5.74) is 8.63. The van der Waals surface area contributed by atoms with Crippen LogP contribution < -0.4 is 10.5 Å². The van der Waals surface area contributed by atoms with Gasteiger partial charge in [0.15, 0.2) is 0 Å². The molecule has 0 bridgehead atoms. The fraction of sp³-hybridized carbons (Fsp3) is 0.294. The number of hydrogen-bond acceptors (Lipinski definition) is 2. The van der Waals surface area contributed by atoms with Crippen molar-refractivity contribution < 1.29 is 4.74 Å². The van der Waals surface area contributed by atoms with Gasteiger partial charge in [0.2, 0.25) is 0 Å². The third kappa shape index (κ3) is 3.26. The quantitative estimate of drug-likeness (QED) is 0.750. The lowest BCUT2D eigenvalue weighted by molar-refractivity contribution is 0.478. The Labute approximate surface area is 125 Å². The largest absolute Gasteiger partial charge is 0.457 e. The zero-order valence-electron chi connectivity index (χ0n) is 12.1. The minimum Gasteiger partial charge on any atom is -0.457 e. The molecular formula is C17H20ClNO. The molecule has 1 unspecified atom stereocenters. The van der Waals surface area contributed by atoms with E-state index in [0.717, 1.165) is 23.5 Å². The molecule has 0 aliphatic heterocycles. The van der Waals surface area contributed by atoms with Crippen molar-refractivity contribution in [2.45, 2.75) is 33.1 Å². The predicted octanol–water partition coefficient (Wildman–Crippen LogP) is 5.54. The Balaban J connectivity index is 2.20. The number of rotatable bonds is 4. The Morgan fingerprint density at radius 3 is 2.45 bits per heavy atom. The SMILES string of the molecule is CCC(C)c1ccc(Oc2cc(Cl)c(N)cc2C)cc1. The Morgan fingerprint density at radius 1 is 1.20 bits per heavy atom. The van der Waals surface area contributed by atoms with Gasteiger partial charge in [0.1, 0.15) is 11.5 Å². The van der Waals surface area contributed by atoms with Crippen LogP contribution in [-0.2, 0) is 0 Å². The van der Waals surface area contributed by atoms with Gasteiger partial charge >= 0.3 is 0 Å². The Bertz CT molecular complexity index is 593. The number of aryl methyl sites for hydroxylation is 1. The molecule has 2 aromatic rings. The highest BCUT2D eigenvalue weighted by Gasteiger charge is 2.07. The number of nitrogens with two attached hydrogens (primary N) is 1. The van der Waals surface area contributed by atoms with Crippen molar-refractivity contribution in [3.05, 3.63) is 52.5 Å². The lowest BCUT2D eigenvalue weighted by atomic mass is 9.99. The summed E-state index contributed by atoms with van der Waals surface area (Å²) in [5.74, 6) is 2.11. The predicted molar refractivity (Wildman–Crippen MR) is 85.8 cm³/mol. The van der Waals surface area contributed by atoms with Gasteiger partial charge in [-0.25, -0.2) is 0 Å². The molecule has 0 radical (unpaired) electrons. The molecule has 0 aliphatic rings. The third-order valence-corrected chi connectivity index (χ3v) is 3.91. The van der Waals surface area contributed by atoms with Gasteiger partial charge in [-0.05, 0) is 48.6 Å². The van der Waals surface area contributed by atoms with Gasteiger partial charge in [-0.3, -0.25) is 0 Å². The molecule has 2 aromatic carbocycles. The van der Waals surface area contributed by atoms with Crippen LogP contribution in [0.2, 0.25) is 5.02 Å². The van der Waals surface area contributed by atoms with Crippen LogP contribution in [0.5, 0.6) is 11.5 Å². The first kappa shape index (κ1) is 14.7. The fourth-order valence-corrected chi connectivity index (χ4v) is 2.18. The minimum atomic E-state index is 0.516. The molecule has 0 heterocycles. The summed E-state index contributed by atoms with van der Waals surface area (Å²) < 4.78 is 5.87. The topological polar surface area (TPSA) is 35.2 Å². The number of benzene rings is 2. The van der Waals surface area contributed by atoms with E-state index < -0.39 is 0 Å².